The topological polar surface area (TPSA) is 56.1 Å². The van der Waals surface area contributed by atoms with Gasteiger partial charge in [-0.1, -0.05) is 0 Å². The Morgan fingerprint density at radius 1 is 1.47 bits per heavy atom. The number of anilines is 1. The van der Waals surface area contributed by atoms with Gasteiger partial charge in [0.25, 0.3) is 5.56 Å². The lowest BCUT2D eigenvalue weighted by atomic mass is 10.1. The highest BCUT2D eigenvalue weighted by Gasteiger charge is 2.40. The van der Waals surface area contributed by atoms with Crippen LogP contribution in [0.15, 0.2) is 17.2 Å². The highest BCUT2D eigenvalue weighted by Crippen LogP contribution is 2.39. The van der Waals surface area contributed by atoms with E-state index in [1.54, 1.807) is 19.4 Å². The van der Waals surface area contributed by atoms with Gasteiger partial charge in [0.05, 0.1) is 12.1 Å². The summed E-state index contributed by atoms with van der Waals surface area (Å²) in [7, 11) is 1.73. The SMILES string of the molecule is Cn1ccnc(NC2CCOC2C2CC2)c1=O. The Morgan fingerprint density at radius 3 is 3.06 bits per heavy atom. The van der Waals surface area contributed by atoms with Crippen LogP contribution in [-0.4, -0.2) is 28.3 Å². The molecule has 1 aromatic rings. The van der Waals surface area contributed by atoms with E-state index in [1.807, 2.05) is 0 Å². The number of ether oxygens (including phenoxy) is 1. The molecule has 2 fully saturated rings. The van der Waals surface area contributed by atoms with Gasteiger partial charge in [0, 0.05) is 26.0 Å². The van der Waals surface area contributed by atoms with Gasteiger partial charge in [-0.15, -0.1) is 0 Å². The second-order valence-corrected chi connectivity index (χ2v) is 4.90. The molecule has 0 bridgehead atoms. The van der Waals surface area contributed by atoms with E-state index >= 15 is 0 Å². The molecule has 1 aliphatic heterocycles. The molecule has 1 saturated heterocycles. The van der Waals surface area contributed by atoms with Crippen molar-refractivity contribution >= 4 is 5.82 Å². The van der Waals surface area contributed by atoms with Crippen molar-refractivity contribution in [2.75, 3.05) is 11.9 Å². The van der Waals surface area contributed by atoms with Crippen molar-refractivity contribution < 1.29 is 4.74 Å². The fourth-order valence-electron chi connectivity index (χ4n) is 2.43. The third-order valence-electron chi connectivity index (χ3n) is 3.56. The van der Waals surface area contributed by atoms with Crippen molar-refractivity contribution in [2.24, 2.45) is 13.0 Å². The molecule has 5 nitrogen and oxygen atoms in total. The van der Waals surface area contributed by atoms with Crippen LogP contribution in [0.3, 0.4) is 0 Å². The van der Waals surface area contributed by atoms with Crippen molar-refractivity contribution in [1.29, 1.82) is 0 Å². The first-order chi connectivity index (χ1) is 8.25. The van der Waals surface area contributed by atoms with Gasteiger partial charge >= 0.3 is 0 Å². The van der Waals surface area contributed by atoms with E-state index < -0.39 is 0 Å². The van der Waals surface area contributed by atoms with Crippen LogP contribution in [-0.2, 0) is 11.8 Å². The maximum Gasteiger partial charge on any atom is 0.293 e. The van der Waals surface area contributed by atoms with Crippen molar-refractivity contribution in [3.05, 3.63) is 22.7 Å². The van der Waals surface area contributed by atoms with Gasteiger partial charge in [0.2, 0.25) is 0 Å². The van der Waals surface area contributed by atoms with Crippen LogP contribution in [0, 0.1) is 5.92 Å². The van der Waals surface area contributed by atoms with E-state index in [-0.39, 0.29) is 17.7 Å². The molecule has 1 aromatic heterocycles. The standard InChI is InChI=1S/C12H17N3O2/c1-15-6-5-13-11(12(15)16)14-9-4-7-17-10(9)8-2-3-8/h5-6,8-10H,2-4,7H2,1H3,(H,13,14). The zero-order valence-corrected chi connectivity index (χ0v) is 9.93. The number of aromatic nitrogens is 2. The monoisotopic (exact) mass is 235 g/mol. The Morgan fingerprint density at radius 2 is 2.29 bits per heavy atom. The fraction of sp³-hybridized carbons (Fsp3) is 0.667. The Balaban J connectivity index is 1.77. The minimum absolute atomic E-state index is 0.0750. The average molecular weight is 235 g/mol. The Labute approximate surface area is 99.8 Å². The van der Waals surface area contributed by atoms with Gasteiger partial charge in [-0.25, -0.2) is 4.98 Å². The van der Waals surface area contributed by atoms with Gasteiger partial charge < -0.3 is 14.6 Å². The molecule has 0 radical (unpaired) electrons. The molecule has 2 unspecified atom stereocenters. The van der Waals surface area contributed by atoms with Crippen LogP contribution in [0.4, 0.5) is 5.82 Å². The smallest absolute Gasteiger partial charge is 0.293 e. The molecule has 92 valence electrons. The number of rotatable bonds is 3. The molecule has 0 amide bonds. The Bertz CT molecular complexity index is 467. The summed E-state index contributed by atoms with van der Waals surface area (Å²) in [6, 6.07) is 0.241. The lowest BCUT2D eigenvalue weighted by Gasteiger charge is -2.19. The molecule has 1 saturated carbocycles. The van der Waals surface area contributed by atoms with Gasteiger partial charge in [-0.2, -0.15) is 0 Å². The van der Waals surface area contributed by atoms with E-state index in [4.69, 9.17) is 4.74 Å². The summed E-state index contributed by atoms with van der Waals surface area (Å²) in [5.41, 5.74) is -0.0750. The number of aryl methyl sites for hydroxylation is 1. The predicted octanol–water partition coefficient (Wildman–Crippen LogP) is 0.760. The maximum absolute atomic E-state index is 11.8. The highest BCUT2D eigenvalue weighted by molar-refractivity contribution is 5.33. The molecule has 1 N–H and O–H groups in total. The van der Waals surface area contributed by atoms with E-state index in [1.165, 1.54) is 17.4 Å². The van der Waals surface area contributed by atoms with Crippen LogP contribution in [0.5, 0.6) is 0 Å². The predicted molar refractivity (Wildman–Crippen MR) is 64.0 cm³/mol. The molecule has 17 heavy (non-hydrogen) atoms. The van der Waals surface area contributed by atoms with E-state index in [0.717, 1.165) is 13.0 Å². The summed E-state index contributed by atoms with van der Waals surface area (Å²) in [4.78, 5) is 16.0. The van der Waals surface area contributed by atoms with Gasteiger partial charge in [0.15, 0.2) is 5.82 Å². The number of hydrogen-bond donors (Lipinski definition) is 1. The van der Waals surface area contributed by atoms with Crippen LogP contribution in [0.25, 0.3) is 0 Å². The van der Waals surface area contributed by atoms with Crippen molar-refractivity contribution in [3.8, 4) is 0 Å². The normalized spacial score (nSPS) is 28.3. The minimum Gasteiger partial charge on any atom is -0.376 e. The van der Waals surface area contributed by atoms with Crippen molar-refractivity contribution in [3.63, 3.8) is 0 Å². The van der Waals surface area contributed by atoms with Crippen LogP contribution < -0.4 is 10.9 Å². The molecular weight excluding hydrogens is 218 g/mol. The fourth-order valence-corrected chi connectivity index (χ4v) is 2.43. The second kappa shape index (κ2) is 4.14. The minimum atomic E-state index is -0.0750. The molecule has 5 heteroatoms. The third kappa shape index (κ3) is 2.07. The quantitative estimate of drug-likeness (QED) is 0.840. The summed E-state index contributed by atoms with van der Waals surface area (Å²) < 4.78 is 7.27. The molecular formula is C12H17N3O2. The number of hydrogen-bond acceptors (Lipinski definition) is 4. The first-order valence-electron chi connectivity index (χ1n) is 6.15. The summed E-state index contributed by atoms with van der Waals surface area (Å²) in [5.74, 6) is 1.12. The largest absolute Gasteiger partial charge is 0.376 e. The lowest BCUT2D eigenvalue weighted by Crippen LogP contribution is -2.34. The molecule has 0 spiro atoms. The molecule has 1 aliphatic carbocycles. The Hall–Kier alpha value is -1.36. The number of nitrogens with zero attached hydrogens (tertiary/aromatic N) is 2. The van der Waals surface area contributed by atoms with Gasteiger partial charge in [0.1, 0.15) is 0 Å². The molecule has 2 heterocycles. The summed E-state index contributed by atoms with van der Waals surface area (Å²) in [6.07, 6.45) is 7.04. The zero-order chi connectivity index (χ0) is 11.8. The van der Waals surface area contributed by atoms with Gasteiger partial charge in [-0.3, -0.25) is 4.79 Å². The van der Waals surface area contributed by atoms with E-state index in [0.29, 0.717) is 11.7 Å². The lowest BCUT2D eigenvalue weighted by molar-refractivity contribution is 0.0898. The molecule has 3 rings (SSSR count). The highest BCUT2D eigenvalue weighted by atomic mass is 16.5. The van der Waals surface area contributed by atoms with Crippen LogP contribution >= 0.6 is 0 Å². The van der Waals surface area contributed by atoms with Crippen molar-refractivity contribution in [1.82, 2.24) is 9.55 Å². The first-order valence-corrected chi connectivity index (χ1v) is 6.15. The average Bonchev–Trinajstić information content (AvgIpc) is 3.06. The second-order valence-electron chi connectivity index (χ2n) is 4.90. The van der Waals surface area contributed by atoms with E-state index in [2.05, 4.69) is 10.3 Å². The molecule has 2 atom stereocenters. The Kier molecular flexibility index (Phi) is 2.63. The van der Waals surface area contributed by atoms with Crippen LogP contribution in [0.1, 0.15) is 19.3 Å². The molecule has 0 aromatic carbocycles. The number of nitrogens with one attached hydrogen (secondary N) is 1. The third-order valence-corrected chi connectivity index (χ3v) is 3.56. The first kappa shape index (κ1) is 10.8. The summed E-state index contributed by atoms with van der Waals surface area (Å²) >= 11 is 0. The summed E-state index contributed by atoms with van der Waals surface area (Å²) in [5, 5.41) is 3.25. The molecule has 2 aliphatic rings. The van der Waals surface area contributed by atoms with Crippen molar-refractivity contribution in [2.45, 2.75) is 31.4 Å². The zero-order valence-electron chi connectivity index (χ0n) is 9.93. The van der Waals surface area contributed by atoms with Gasteiger partial charge in [-0.05, 0) is 25.2 Å². The maximum atomic E-state index is 11.8. The summed E-state index contributed by atoms with van der Waals surface area (Å²) in [6.45, 7) is 0.784. The van der Waals surface area contributed by atoms with E-state index in [9.17, 15) is 4.79 Å². The van der Waals surface area contributed by atoms with Crippen LogP contribution in [0.2, 0.25) is 0 Å².